The van der Waals surface area contributed by atoms with Gasteiger partial charge in [0.25, 0.3) is 0 Å². The van der Waals surface area contributed by atoms with Gasteiger partial charge >= 0.3 is 0 Å². The average molecular weight is 245 g/mol. The van der Waals surface area contributed by atoms with E-state index in [9.17, 15) is 0 Å². The third kappa shape index (κ3) is 1.73. The molecule has 4 saturated carbocycles. The van der Waals surface area contributed by atoms with Gasteiger partial charge in [-0.05, 0) is 74.2 Å². The lowest BCUT2D eigenvalue weighted by Crippen LogP contribution is -2.47. The van der Waals surface area contributed by atoms with Gasteiger partial charge in [-0.1, -0.05) is 0 Å². The van der Waals surface area contributed by atoms with Gasteiger partial charge in [-0.2, -0.15) is 0 Å². The average Bonchev–Trinajstić information content (AvgIpc) is 2.79. The van der Waals surface area contributed by atoms with Crippen molar-refractivity contribution >= 4 is 0 Å². The summed E-state index contributed by atoms with van der Waals surface area (Å²) in [6.45, 7) is 0. The number of furan rings is 1. The number of hydrogen-bond acceptors (Lipinski definition) is 2. The van der Waals surface area contributed by atoms with Crippen LogP contribution in [0.4, 0.5) is 0 Å². The molecule has 2 nitrogen and oxygen atoms in total. The van der Waals surface area contributed by atoms with Crippen LogP contribution >= 0.6 is 0 Å². The van der Waals surface area contributed by atoms with Gasteiger partial charge in [-0.15, -0.1) is 0 Å². The SMILES string of the molecule is NC(CC12CC3CC(CC(C3)C1)C2)c1ccoc1. The molecule has 98 valence electrons. The zero-order valence-corrected chi connectivity index (χ0v) is 11.0. The summed E-state index contributed by atoms with van der Waals surface area (Å²) >= 11 is 0. The topological polar surface area (TPSA) is 39.2 Å². The lowest BCUT2D eigenvalue weighted by molar-refractivity contribution is -0.0605. The molecule has 0 spiro atoms. The highest BCUT2D eigenvalue weighted by atomic mass is 16.3. The Labute approximate surface area is 109 Å². The summed E-state index contributed by atoms with van der Waals surface area (Å²) in [5.41, 5.74) is 8.16. The molecule has 0 saturated heterocycles. The van der Waals surface area contributed by atoms with Crippen LogP contribution in [-0.4, -0.2) is 0 Å². The molecule has 4 bridgehead atoms. The first-order chi connectivity index (χ1) is 8.72. The van der Waals surface area contributed by atoms with E-state index in [0.29, 0.717) is 5.41 Å². The number of nitrogens with two attached hydrogens (primary N) is 1. The van der Waals surface area contributed by atoms with Crippen LogP contribution in [0.15, 0.2) is 23.0 Å². The summed E-state index contributed by atoms with van der Waals surface area (Å²) in [4.78, 5) is 0. The highest BCUT2D eigenvalue weighted by Gasteiger charge is 2.51. The van der Waals surface area contributed by atoms with Gasteiger partial charge in [0.1, 0.15) is 0 Å². The molecule has 0 radical (unpaired) electrons. The van der Waals surface area contributed by atoms with Crippen LogP contribution in [0, 0.1) is 23.2 Å². The van der Waals surface area contributed by atoms with Gasteiger partial charge in [0.05, 0.1) is 12.5 Å². The summed E-state index contributed by atoms with van der Waals surface area (Å²) in [5, 5.41) is 0. The number of hydrogen-bond donors (Lipinski definition) is 1. The van der Waals surface area contributed by atoms with Gasteiger partial charge in [-0.3, -0.25) is 0 Å². The van der Waals surface area contributed by atoms with Crippen LogP contribution in [0.1, 0.15) is 56.6 Å². The molecular formula is C16H23NO. The molecule has 18 heavy (non-hydrogen) atoms. The van der Waals surface area contributed by atoms with E-state index in [2.05, 4.69) is 0 Å². The van der Waals surface area contributed by atoms with Gasteiger partial charge in [0.15, 0.2) is 0 Å². The van der Waals surface area contributed by atoms with Crippen molar-refractivity contribution in [2.45, 2.75) is 51.0 Å². The maximum absolute atomic E-state index is 6.40. The highest BCUT2D eigenvalue weighted by Crippen LogP contribution is 2.62. The van der Waals surface area contributed by atoms with Gasteiger partial charge < -0.3 is 10.2 Å². The van der Waals surface area contributed by atoms with Gasteiger partial charge in [0.2, 0.25) is 0 Å². The fourth-order valence-corrected chi connectivity index (χ4v) is 5.61. The van der Waals surface area contributed by atoms with Crippen LogP contribution < -0.4 is 5.73 Å². The maximum atomic E-state index is 6.40. The first-order valence-electron chi connectivity index (χ1n) is 7.50. The minimum Gasteiger partial charge on any atom is -0.472 e. The van der Waals surface area contributed by atoms with E-state index < -0.39 is 0 Å². The zero-order chi connectivity index (χ0) is 12.2. The minimum atomic E-state index is 0.181. The largest absolute Gasteiger partial charge is 0.472 e. The van der Waals surface area contributed by atoms with Crippen molar-refractivity contribution in [3.8, 4) is 0 Å². The predicted molar refractivity (Wildman–Crippen MR) is 70.9 cm³/mol. The summed E-state index contributed by atoms with van der Waals surface area (Å²) in [6.07, 6.45) is 13.6. The van der Waals surface area contributed by atoms with E-state index in [1.807, 2.05) is 12.3 Å². The molecule has 4 aliphatic carbocycles. The molecule has 0 aromatic carbocycles. The van der Waals surface area contributed by atoms with Crippen LogP contribution in [0.2, 0.25) is 0 Å². The Morgan fingerprint density at radius 3 is 2.28 bits per heavy atom. The van der Waals surface area contributed by atoms with Crippen LogP contribution in [0.5, 0.6) is 0 Å². The molecule has 2 heteroatoms. The summed E-state index contributed by atoms with van der Waals surface area (Å²) in [7, 11) is 0. The van der Waals surface area contributed by atoms with Crippen LogP contribution in [0.25, 0.3) is 0 Å². The predicted octanol–water partition coefficient (Wildman–Crippen LogP) is 3.89. The van der Waals surface area contributed by atoms with E-state index >= 15 is 0 Å². The van der Waals surface area contributed by atoms with Crippen LogP contribution in [0.3, 0.4) is 0 Å². The molecule has 2 N–H and O–H groups in total. The third-order valence-electron chi connectivity index (χ3n) is 5.79. The summed E-state index contributed by atoms with van der Waals surface area (Å²) < 4.78 is 5.18. The molecular weight excluding hydrogens is 222 g/mol. The molecule has 1 aromatic rings. The van der Waals surface area contributed by atoms with Crippen molar-refractivity contribution in [3.05, 3.63) is 24.2 Å². The van der Waals surface area contributed by atoms with Gasteiger partial charge in [-0.25, -0.2) is 0 Å². The smallest absolute Gasteiger partial charge is 0.0950 e. The third-order valence-corrected chi connectivity index (χ3v) is 5.79. The summed E-state index contributed by atoms with van der Waals surface area (Å²) in [6, 6.07) is 2.21. The van der Waals surface area contributed by atoms with Gasteiger partial charge in [0, 0.05) is 11.6 Å². The molecule has 1 atom stereocenters. The fourth-order valence-electron chi connectivity index (χ4n) is 5.61. The van der Waals surface area contributed by atoms with E-state index in [1.165, 1.54) is 50.5 Å². The molecule has 4 aliphatic rings. The molecule has 5 rings (SSSR count). The second-order valence-electron chi connectivity index (χ2n) is 7.28. The van der Waals surface area contributed by atoms with E-state index in [4.69, 9.17) is 10.2 Å². The van der Waals surface area contributed by atoms with Crippen molar-refractivity contribution < 1.29 is 4.42 Å². The Morgan fingerprint density at radius 1 is 1.17 bits per heavy atom. The molecule has 4 fully saturated rings. The standard InChI is InChI=1S/C16H23NO/c17-15(14-1-2-18-10-14)9-16-6-11-3-12(7-16)5-13(4-11)8-16/h1-2,10-13,15H,3-9,17H2. The second kappa shape index (κ2) is 3.86. The van der Waals surface area contributed by atoms with Crippen molar-refractivity contribution in [1.82, 2.24) is 0 Å². The molecule has 0 aliphatic heterocycles. The Balaban J connectivity index is 1.54. The van der Waals surface area contributed by atoms with Crippen LogP contribution in [-0.2, 0) is 0 Å². The van der Waals surface area contributed by atoms with Crippen molar-refractivity contribution in [2.24, 2.45) is 28.9 Å². The minimum absolute atomic E-state index is 0.181. The first kappa shape index (κ1) is 11.1. The fraction of sp³-hybridized carbons (Fsp3) is 0.750. The summed E-state index contributed by atoms with van der Waals surface area (Å²) in [5.74, 6) is 3.06. The molecule has 1 heterocycles. The second-order valence-corrected chi connectivity index (χ2v) is 7.28. The van der Waals surface area contributed by atoms with E-state index in [1.54, 1.807) is 6.26 Å². The Hall–Kier alpha value is -0.760. The Kier molecular flexibility index (Phi) is 2.38. The molecule has 1 unspecified atom stereocenters. The van der Waals surface area contributed by atoms with Crippen molar-refractivity contribution in [1.29, 1.82) is 0 Å². The van der Waals surface area contributed by atoms with E-state index in [-0.39, 0.29) is 6.04 Å². The Morgan fingerprint density at radius 2 is 1.78 bits per heavy atom. The molecule has 1 aromatic heterocycles. The lowest BCUT2D eigenvalue weighted by atomic mass is 9.48. The quantitative estimate of drug-likeness (QED) is 0.877. The maximum Gasteiger partial charge on any atom is 0.0950 e. The first-order valence-corrected chi connectivity index (χ1v) is 7.50. The normalized spacial score (nSPS) is 43.3. The van der Waals surface area contributed by atoms with E-state index in [0.717, 1.165) is 17.8 Å². The van der Waals surface area contributed by atoms with Crippen molar-refractivity contribution in [2.75, 3.05) is 0 Å². The Bertz CT molecular complexity index is 387. The monoisotopic (exact) mass is 245 g/mol. The highest BCUT2D eigenvalue weighted by molar-refractivity contribution is 5.13. The number of rotatable bonds is 3. The van der Waals surface area contributed by atoms with Crippen molar-refractivity contribution in [3.63, 3.8) is 0 Å². The zero-order valence-electron chi connectivity index (χ0n) is 11.0. The molecule has 0 amide bonds. The lowest BCUT2D eigenvalue weighted by Gasteiger charge is -2.57.